The highest BCUT2D eigenvalue weighted by Crippen LogP contribution is 2.32. The van der Waals surface area contributed by atoms with E-state index in [1.807, 2.05) is 0 Å². The van der Waals surface area contributed by atoms with Gasteiger partial charge < -0.3 is 4.98 Å². The number of hydrogen-bond donors (Lipinski definition) is 1. The van der Waals surface area contributed by atoms with Gasteiger partial charge in [-0.3, -0.25) is 0 Å². The van der Waals surface area contributed by atoms with Crippen LogP contribution >= 0.6 is 0 Å². The van der Waals surface area contributed by atoms with Crippen LogP contribution in [0.4, 0.5) is 0 Å². The Bertz CT molecular complexity index is 803. The molecule has 2 aromatic carbocycles. The number of benzene rings is 2. The normalized spacial score (nSPS) is 14.0. The minimum atomic E-state index is 0.978. The molecule has 0 saturated heterocycles. The molecule has 1 aromatic heterocycles. The third kappa shape index (κ3) is 1.28. The third-order valence-electron chi connectivity index (χ3n) is 3.64. The zero-order valence-corrected chi connectivity index (χ0v) is 9.98. The SMILES string of the molecule is C1=CCc2[nH]c3ccc4ccccc4c3c2C=C1. The first-order chi connectivity index (χ1) is 8.93. The Morgan fingerprint density at radius 2 is 1.89 bits per heavy atom. The molecule has 4 rings (SSSR count). The number of H-pyrrole nitrogens is 1. The van der Waals surface area contributed by atoms with Crippen LogP contribution in [0.3, 0.4) is 0 Å². The molecule has 3 aromatic rings. The van der Waals surface area contributed by atoms with Gasteiger partial charge in [-0.1, -0.05) is 54.6 Å². The monoisotopic (exact) mass is 231 g/mol. The lowest BCUT2D eigenvalue weighted by Gasteiger charge is -2.00. The van der Waals surface area contributed by atoms with Crippen LogP contribution in [0.25, 0.3) is 27.8 Å². The molecule has 0 fully saturated rings. The van der Waals surface area contributed by atoms with Crippen LogP contribution in [0.2, 0.25) is 0 Å². The fourth-order valence-corrected chi connectivity index (χ4v) is 2.81. The average molecular weight is 231 g/mol. The molecular weight excluding hydrogens is 218 g/mol. The highest BCUT2D eigenvalue weighted by molar-refractivity contribution is 6.11. The van der Waals surface area contributed by atoms with Gasteiger partial charge in [0.15, 0.2) is 0 Å². The molecule has 1 aliphatic rings. The minimum absolute atomic E-state index is 0.978. The first-order valence-corrected chi connectivity index (χ1v) is 6.29. The Kier molecular flexibility index (Phi) is 1.95. The van der Waals surface area contributed by atoms with E-state index in [1.54, 1.807) is 0 Å². The fourth-order valence-electron chi connectivity index (χ4n) is 2.81. The van der Waals surface area contributed by atoms with Crippen LogP contribution in [0.1, 0.15) is 11.3 Å². The van der Waals surface area contributed by atoms with Crippen molar-refractivity contribution in [3.8, 4) is 0 Å². The van der Waals surface area contributed by atoms with Crippen molar-refractivity contribution >= 4 is 27.8 Å². The van der Waals surface area contributed by atoms with Crippen molar-refractivity contribution in [2.45, 2.75) is 6.42 Å². The predicted molar refractivity (Wildman–Crippen MR) is 77.7 cm³/mol. The van der Waals surface area contributed by atoms with Crippen molar-refractivity contribution in [3.05, 3.63) is 65.9 Å². The van der Waals surface area contributed by atoms with Gasteiger partial charge in [-0.25, -0.2) is 0 Å². The van der Waals surface area contributed by atoms with E-state index in [9.17, 15) is 0 Å². The summed E-state index contributed by atoms with van der Waals surface area (Å²) in [7, 11) is 0. The van der Waals surface area contributed by atoms with Gasteiger partial charge in [0.1, 0.15) is 0 Å². The largest absolute Gasteiger partial charge is 0.358 e. The predicted octanol–water partition coefficient (Wildman–Crippen LogP) is 4.45. The summed E-state index contributed by atoms with van der Waals surface area (Å²) >= 11 is 0. The Morgan fingerprint density at radius 3 is 2.89 bits per heavy atom. The first kappa shape index (κ1) is 9.72. The molecule has 86 valence electrons. The van der Waals surface area contributed by atoms with E-state index in [0.29, 0.717) is 0 Å². The summed E-state index contributed by atoms with van der Waals surface area (Å²) in [6.45, 7) is 0. The molecule has 18 heavy (non-hydrogen) atoms. The highest BCUT2D eigenvalue weighted by Gasteiger charge is 2.11. The lowest BCUT2D eigenvalue weighted by Crippen LogP contribution is -1.82. The molecule has 0 saturated carbocycles. The molecule has 0 spiro atoms. The van der Waals surface area contributed by atoms with Crippen molar-refractivity contribution < 1.29 is 0 Å². The fraction of sp³-hybridized carbons (Fsp3) is 0.0588. The summed E-state index contributed by atoms with van der Waals surface area (Å²) in [5.74, 6) is 0. The molecule has 0 aliphatic heterocycles. The zero-order valence-electron chi connectivity index (χ0n) is 9.98. The lowest BCUT2D eigenvalue weighted by atomic mass is 10.0. The Morgan fingerprint density at radius 1 is 0.944 bits per heavy atom. The minimum Gasteiger partial charge on any atom is -0.358 e. The van der Waals surface area contributed by atoms with Crippen molar-refractivity contribution in [3.63, 3.8) is 0 Å². The van der Waals surface area contributed by atoms with E-state index < -0.39 is 0 Å². The van der Waals surface area contributed by atoms with Crippen LogP contribution in [-0.4, -0.2) is 4.98 Å². The molecule has 0 radical (unpaired) electrons. The van der Waals surface area contributed by atoms with Gasteiger partial charge in [0.25, 0.3) is 0 Å². The van der Waals surface area contributed by atoms with Gasteiger partial charge in [-0.15, -0.1) is 0 Å². The maximum atomic E-state index is 3.55. The van der Waals surface area contributed by atoms with Crippen molar-refractivity contribution in [2.75, 3.05) is 0 Å². The summed E-state index contributed by atoms with van der Waals surface area (Å²) in [5, 5.41) is 3.99. The van der Waals surface area contributed by atoms with Crippen molar-refractivity contribution in [2.24, 2.45) is 0 Å². The van der Waals surface area contributed by atoms with Gasteiger partial charge >= 0.3 is 0 Å². The van der Waals surface area contributed by atoms with Gasteiger partial charge in [0, 0.05) is 28.6 Å². The number of allylic oxidation sites excluding steroid dienone is 3. The number of hydrogen-bond acceptors (Lipinski definition) is 0. The molecule has 0 unspecified atom stereocenters. The molecule has 0 atom stereocenters. The summed E-state index contributed by atoms with van der Waals surface area (Å²) < 4.78 is 0. The number of rotatable bonds is 0. The van der Waals surface area contributed by atoms with Crippen LogP contribution in [0.5, 0.6) is 0 Å². The zero-order chi connectivity index (χ0) is 11.9. The molecule has 1 nitrogen and oxygen atoms in total. The van der Waals surface area contributed by atoms with Crippen LogP contribution in [0.15, 0.2) is 54.6 Å². The van der Waals surface area contributed by atoms with Gasteiger partial charge in [-0.2, -0.15) is 0 Å². The molecule has 1 aliphatic carbocycles. The number of fused-ring (bicyclic) bond motifs is 5. The lowest BCUT2D eigenvalue weighted by molar-refractivity contribution is 1.17. The van der Waals surface area contributed by atoms with E-state index in [4.69, 9.17) is 0 Å². The molecule has 1 heterocycles. The van der Waals surface area contributed by atoms with E-state index in [-0.39, 0.29) is 0 Å². The molecule has 0 amide bonds. The summed E-state index contributed by atoms with van der Waals surface area (Å²) in [4.78, 5) is 3.55. The highest BCUT2D eigenvalue weighted by atomic mass is 14.7. The summed E-state index contributed by atoms with van der Waals surface area (Å²) in [6.07, 6.45) is 9.63. The van der Waals surface area contributed by atoms with E-state index in [2.05, 4.69) is 65.7 Å². The first-order valence-electron chi connectivity index (χ1n) is 6.29. The summed E-state index contributed by atoms with van der Waals surface area (Å²) in [5.41, 5.74) is 3.89. The Hall–Kier alpha value is -2.28. The molecular formula is C17H13N. The number of nitrogens with one attached hydrogen (secondary N) is 1. The Balaban J connectivity index is 2.21. The average Bonchev–Trinajstić information content (AvgIpc) is 2.61. The number of aromatic amines is 1. The van der Waals surface area contributed by atoms with Crippen molar-refractivity contribution in [1.82, 2.24) is 4.98 Å². The molecule has 1 N–H and O–H groups in total. The smallest absolute Gasteiger partial charge is 0.0468 e. The topological polar surface area (TPSA) is 15.8 Å². The van der Waals surface area contributed by atoms with Gasteiger partial charge in [-0.05, 0) is 16.8 Å². The van der Waals surface area contributed by atoms with E-state index in [1.165, 1.54) is 32.9 Å². The van der Waals surface area contributed by atoms with Crippen LogP contribution in [0, 0.1) is 0 Å². The van der Waals surface area contributed by atoms with Gasteiger partial charge in [0.05, 0.1) is 0 Å². The second-order valence-corrected chi connectivity index (χ2v) is 4.72. The second kappa shape index (κ2) is 3.61. The van der Waals surface area contributed by atoms with Crippen molar-refractivity contribution in [1.29, 1.82) is 0 Å². The maximum Gasteiger partial charge on any atom is 0.0468 e. The maximum absolute atomic E-state index is 3.55. The van der Waals surface area contributed by atoms with Crippen LogP contribution in [-0.2, 0) is 6.42 Å². The summed E-state index contributed by atoms with van der Waals surface area (Å²) in [6, 6.07) is 13.0. The number of aromatic nitrogens is 1. The standard InChI is InChI=1S/C17H13N/c1-2-8-14-15(9-3-1)18-16-11-10-12-6-4-5-7-13(12)17(14)16/h1-8,10-11,18H,9H2. The quantitative estimate of drug-likeness (QED) is 0.588. The molecule has 1 heteroatoms. The van der Waals surface area contributed by atoms with E-state index in [0.717, 1.165) is 6.42 Å². The molecule has 0 bridgehead atoms. The van der Waals surface area contributed by atoms with Crippen LogP contribution < -0.4 is 0 Å². The second-order valence-electron chi connectivity index (χ2n) is 4.72. The van der Waals surface area contributed by atoms with E-state index >= 15 is 0 Å². The Labute approximate surface area is 105 Å². The third-order valence-corrected chi connectivity index (χ3v) is 3.64. The van der Waals surface area contributed by atoms with Gasteiger partial charge in [0.2, 0.25) is 0 Å².